The lowest BCUT2D eigenvalue weighted by molar-refractivity contribution is 0.0718. The summed E-state index contributed by atoms with van der Waals surface area (Å²) in [5.74, 6) is 0.452. The largest absolute Gasteiger partial charge is 0.393 e. The Bertz CT molecular complexity index is 488. The lowest BCUT2D eigenvalue weighted by atomic mass is 9.94. The highest BCUT2D eigenvalue weighted by Gasteiger charge is 2.38. The number of aryl methyl sites for hydroxylation is 2. The lowest BCUT2D eigenvalue weighted by Crippen LogP contribution is -2.38. The third-order valence-electron chi connectivity index (χ3n) is 5.07. The monoisotopic (exact) mass is 297 g/mol. The van der Waals surface area contributed by atoms with Gasteiger partial charge in [-0.2, -0.15) is 5.10 Å². The summed E-state index contributed by atoms with van der Waals surface area (Å²) >= 11 is 6.35. The number of aromatic nitrogens is 2. The van der Waals surface area contributed by atoms with Crippen LogP contribution in [0.1, 0.15) is 43.4 Å². The van der Waals surface area contributed by atoms with Crippen molar-refractivity contribution in [1.29, 1.82) is 0 Å². The average molecular weight is 298 g/mol. The Kier molecular flexibility index (Phi) is 4.07. The van der Waals surface area contributed by atoms with E-state index in [9.17, 15) is 5.11 Å². The van der Waals surface area contributed by atoms with Crippen LogP contribution in [0.15, 0.2) is 0 Å². The number of hydrogen-bond acceptors (Lipinski definition) is 3. The van der Waals surface area contributed by atoms with Crippen molar-refractivity contribution in [2.75, 3.05) is 6.54 Å². The second kappa shape index (κ2) is 5.66. The molecule has 1 N–H and O–H groups in total. The van der Waals surface area contributed by atoms with Crippen molar-refractivity contribution in [3.63, 3.8) is 0 Å². The van der Waals surface area contributed by atoms with Crippen LogP contribution in [0.3, 0.4) is 0 Å². The maximum atomic E-state index is 10.2. The van der Waals surface area contributed by atoms with Gasteiger partial charge in [-0.15, -0.1) is 0 Å². The first-order chi connectivity index (χ1) is 9.58. The summed E-state index contributed by atoms with van der Waals surface area (Å²) in [5, 5.41) is 15.3. The molecule has 1 aromatic rings. The number of nitrogens with zero attached hydrogens (tertiary/aromatic N) is 3. The van der Waals surface area contributed by atoms with Crippen molar-refractivity contribution >= 4 is 11.6 Å². The molecule has 1 saturated heterocycles. The molecule has 0 spiro atoms. The van der Waals surface area contributed by atoms with Gasteiger partial charge in [0.2, 0.25) is 0 Å². The van der Waals surface area contributed by atoms with Gasteiger partial charge in [-0.25, -0.2) is 0 Å². The van der Waals surface area contributed by atoms with Crippen molar-refractivity contribution in [2.45, 2.75) is 57.7 Å². The molecule has 4 nitrogen and oxygen atoms in total. The molecule has 0 aromatic carbocycles. The Morgan fingerprint density at radius 3 is 2.70 bits per heavy atom. The Labute approximate surface area is 125 Å². The van der Waals surface area contributed by atoms with Gasteiger partial charge in [-0.05, 0) is 39.2 Å². The fourth-order valence-corrected chi connectivity index (χ4v) is 4.24. The van der Waals surface area contributed by atoms with E-state index in [0.717, 1.165) is 35.9 Å². The van der Waals surface area contributed by atoms with Crippen molar-refractivity contribution in [2.24, 2.45) is 13.0 Å². The van der Waals surface area contributed by atoms with E-state index in [2.05, 4.69) is 10.00 Å². The van der Waals surface area contributed by atoms with Gasteiger partial charge in [0.25, 0.3) is 0 Å². The zero-order valence-electron chi connectivity index (χ0n) is 12.3. The molecule has 5 heteroatoms. The minimum Gasteiger partial charge on any atom is -0.393 e. The molecule has 112 valence electrons. The van der Waals surface area contributed by atoms with Crippen LogP contribution in [0.4, 0.5) is 0 Å². The molecule has 3 atom stereocenters. The van der Waals surface area contributed by atoms with E-state index in [1.165, 1.54) is 25.7 Å². The van der Waals surface area contributed by atoms with Crippen LogP contribution in [-0.4, -0.2) is 38.5 Å². The summed E-state index contributed by atoms with van der Waals surface area (Å²) < 4.78 is 1.75. The smallest absolute Gasteiger partial charge is 0.131 e. The van der Waals surface area contributed by atoms with Crippen LogP contribution in [0, 0.1) is 12.8 Å². The van der Waals surface area contributed by atoms with Crippen molar-refractivity contribution in [3.8, 4) is 0 Å². The maximum Gasteiger partial charge on any atom is 0.131 e. The summed E-state index contributed by atoms with van der Waals surface area (Å²) in [4.78, 5) is 2.51. The topological polar surface area (TPSA) is 41.3 Å². The summed E-state index contributed by atoms with van der Waals surface area (Å²) in [6, 6.07) is 0.517. The van der Waals surface area contributed by atoms with E-state index in [1.807, 2.05) is 14.0 Å². The molecule has 1 aliphatic heterocycles. The fourth-order valence-electron chi connectivity index (χ4n) is 4.01. The molecule has 1 aliphatic carbocycles. The average Bonchev–Trinajstić information content (AvgIpc) is 3.07. The highest BCUT2D eigenvalue weighted by atomic mass is 35.5. The second-order valence-electron chi connectivity index (χ2n) is 6.32. The van der Waals surface area contributed by atoms with Gasteiger partial charge >= 0.3 is 0 Å². The Morgan fingerprint density at radius 2 is 2.10 bits per heavy atom. The van der Waals surface area contributed by atoms with Crippen LogP contribution in [0.2, 0.25) is 5.15 Å². The molecule has 3 rings (SSSR count). The molecule has 1 saturated carbocycles. The third-order valence-corrected chi connectivity index (χ3v) is 5.54. The Morgan fingerprint density at radius 1 is 1.30 bits per heavy atom. The maximum absolute atomic E-state index is 10.2. The molecule has 20 heavy (non-hydrogen) atoms. The normalized spacial score (nSPS) is 31.3. The van der Waals surface area contributed by atoms with E-state index in [4.69, 9.17) is 11.6 Å². The second-order valence-corrected chi connectivity index (χ2v) is 6.68. The number of rotatable bonds is 3. The minimum atomic E-state index is -0.105. The zero-order chi connectivity index (χ0) is 14.3. The SMILES string of the molecule is Cc1nn(C)c(Cl)c1CN1CCCC1C1CCCC1O. The van der Waals surface area contributed by atoms with Crippen LogP contribution in [-0.2, 0) is 13.6 Å². The summed E-state index contributed by atoms with van der Waals surface area (Å²) in [6.07, 6.45) is 5.64. The molecule has 2 heterocycles. The molecule has 0 radical (unpaired) electrons. The van der Waals surface area contributed by atoms with Crippen molar-refractivity contribution in [3.05, 3.63) is 16.4 Å². The van der Waals surface area contributed by atoms with Crippen LogP contribution >= 0.6 is 11.6 Å². The number of aliphatic hydroxyl groups excluding tert-OH is 1. The van der Waals surface area contributed by atoms with E-state index in [-0.39, 0.29) is 6.10 Å². The van der Waals surface area contributed by atoms with E-state index in [1.54, 1.807) is 4.68 Å². The first-order valence-corrected chi connectivity index (χ1v) is 8.06. The summed E-state index contributed by atoms with van der Waals surface area (Å²) in [7, 11) is 1.89. The van der Waals surface area contributed by atoms with Crippen LogP contribution in [0.5, 0.6) is 0 Å². The quantitative estimate of drug-likeness (QED) is 0.932. The first kappa shape index (κ1) is 14.4. The number of halogens is 1. The molecular formula is C15H24ClN3O. The fraction of sp³-hybridized carbons (Fsp3) is 0.800. The standard InChI is InChI=1S/C15H24ClN3O/c1-10-12(15(16)18(2)17-10)9-19-8-4-6-13(19)11-5-3-7-14(11)20/h11,13-14,20H,3-9H2,1-2H3. The Hall–Kier alpha value is -0.580. The third kappa shape index (κ3) is 2.49. The Balaban J connectivity index is 1.76. The molecule has 0 amide bonds. The van der Waals surface area contributed by atoms with Crippen molar-refractivity contribution < 1.29 is 5.11 Å². The summed E-state index contributed by atoms with van der Waals surface area (Å²) in [6.45, 7) is 4.00. The van der Waals surface area contributed by atoms with Crippen LogP contribution in [0.25, 0.3) is 0 Å². The van der Waals surface area contributed by atoms with E-state index >= 15 is 0 Å². The predicted molar refractivity (Wildman–Crippen MR) is 79.7 cm³/mol. The lowest BCUT2D eigenvalue weighted by Gasteiger charge is -2.31. The van der Waals surface area contributed by atoms with Crippen LogP contribution < -0.4 is 0 Å². The molecule has 3 unspecified atom stereocenters. The molecular weight excluding hydrogens is 274 g/mol. The summed E-state index contributed by atoms with van der Waals surface area (Å²) in [5.41, 5.74) is 2.17. The highest BCUT2D eigenvalue weighted by molar-refractivity contribution is 6.30. The molecule has 1 aromatic heterocycles. The van der Waals surface area contributed by atoms with Gasteiger partial charge in [0.15, 0.2) is 0 Å². The molecule has 2 aliphatic rings. The van der Waals surface area contributed by atoms with Gasteiger partial charge in [0, 0.05) is 31.1 Å². The van der Waals surface area contributed by atoms with E-state index < -0.39 is 0 Å². The number of aliphatic hydroxyl groups is 1. The van der Waals surface area contributed by atoms with Crippen molar-refractivity contribution in [1.82, 2.24) is 14.7 Å². The van der Waals surface area contributed by atoms with Gasteiger partial charge in [-0.1, -0.05) is 18.0 Å². The predicted octanol–water partition coefficient (Wildman–Crippen LogP) is 2.51. The first-order valence-electron chi connectivity index (χ1n) is 7.68. The van der Waals surface area contributed by atoms with Gasteiger partial charge in [-0.3, -0.25) is 9.58 Å². The number of likely N-dealkylation sites (tertiary alicyclic amines) is 1. The zero-order valence-corrected chi connectivity index (χ0v) is 13.1. The van der Waals surface area contributed by atoms with Gasteiger partial charge in [0.1, 0.15) is 5.15 Å². The van der Waals surface area contributed by atoms with E-state index in [0.29, 0.717) is 12.0 Å². The minimum absolute atomic E-state index is 0.105. The highest BCUT2D eigenvalue weighted by Crippen LogP contribution is 2.37. The van der Waals surface area contributed by atoms with Gasteiger partial charge in [0.05, 0.1) is 11.8 Å². The van der Waals surface area contributed by atoms with Gasteiger partial charge < -0.3 is 5.11 Å². The molecule has 0 bridgehead atoms. The molecule has 2 fully saturated rings. The number of hydrogen-bond donors (Lipinski definition) is 1.